The highest BCUT2D eigenvalue weighted by molar-refractivity contribution is 9.10. The van der Waals surface area contributed by atoms with E-state index >= 15 is 0 Å². The predicted octanol–water partition coefficient (Wildman–Crippen LogP) is 6.16. The van der Waals surface area contributed by atoms with Crippen LogP contribution in [0.4, 0.5) is 0 Å². The molecule has 0 fully saturated rings. The van der Waals surface area contributed by atoms with Crippen LogP contribution in [-0.4, -0.2) is 0 Å². The standard InChI is InChI=1S/C15H13Br2Cl/c1-9-8-14(17)10(2)7-12(9)15(18)11-5-3-4-6-13(11)16/h3-8,15H,1-2H3. The van der Waals surface area contributed by atoms with Crippen LogP contribution in [0.2, 0.25) is 0 Å². The highest BCUT2D eigenvalue weighted by Gasteiger charge is 2.16. The first-order chi connectivity index (χ1) is 8.50. The van der Waals surface area contributed by atoms with Crippen LogP contribution in [-0.2, 0) is 0 Å². The van der Waals surface area contributed by atoms with Crippen LogP contribution < -0.4 is 0 Å². The molecule has 0 heterocycles. The first-order valence-electron chi connectivity index (χ1n) is 5.66. The third-order valence-corrected chi connectivity index (χ3v) is 5.05. The van der Waals surface area contributed by atoms with Gasteiger partial charge in [0.2, 0.25) is 0 Å². The molecule has 94 valence electrons. The van der Waals surface area contributed by atoms with Gasteiger partial charge in [-0.2, -0.15) is 0 Å². The van der Waals surface area contributed by atoms with Gasteiger partial charge < -0.3 is 0 Å². The first kappa shape index (κ1) is 14.1. The van der Waals surface area contributed by atoms with Crippen molar-refractivity contribution in [2.24, 2.45) is 0 Å². The Morgan fingerprint density at radius 3 is 2.22 bits per heavy atom. The molecular formula is C15H13Br2Cl. The maximum Gasteiger partial charge on any atom is 0.0848 e. The average molecular weight is 389 g/mol. The second kappa shape index (κ2) is 5.77. The van der Waals surface area contributed by atoms with Crippen molar-refractivity contribution in [3.63, 3.8) is 0 Å². The topological polar surface area (TPSA) is 0 Å². The summed E-state index contributed by atoms with van der Waals surface area (Å²) in [6, 6.07) is 12.4. The summed E-state index contributed by atoms with van der Waals surface area (Å²) in [5.74, 6) is 0. The van der Waals surface area contributed by atoms with E-state index in [-0.39, 0.29) is 5.38 Å². The van der Waals surface area contributed by atoms with Crippen LogP contribution in [0.5, 0.6) is 0 Å². The molecule has 0 aromatic heterocycles. The molecule has 0 aliphatic rings. The Balaban J connectivity index is 2.50. The zero-order chi connectivity index (χ0) is 13.3. The van der Waals surface area contributed by atoms with Gasteiger partial charge in [0.15, 0.2) is 0 Å². The maximum atomic E-state index is 6.62. The summed E-state index contributed by atoms with van der Waals surface area (Å²) in [6.07, 6.45) is 0. The fourth-order valence-corrected chi connectivity index (χ4v) is 3.45. The minimum absolute atomic E-state index is 0.132. The Bertz CT molecular complexity index is 579. The highest BCUT2D eigenvalue weighted by Crippen LogP contribution is 2.36. The third-order valence-electron chi connectivity index (χ3n) is 3.00. The van der Waals surface area contributed by atoms with Crippen molar-refractivity contribution in [2.45, 2.75) is 19.2 Å². The van der Waals surface area contributed by atoms with E-state index < -0.39 is 0 Å². The van der Waals surface area contributed by atoms with E-state index in [1.54, 1.807) is 0 Å². The Kier molecular flexibility index (Phi) is 4.52. The van der Waals surface area contributed by atoms with Gasteiger partial charge in [-0.25, -0.2) is 0 Å². The molecule has 0 saturated carbocycles. The van der Waals surface area contributed by atoms with Gasteiger partial charge in [0.05, 0.1) is 5.38 Å². The Hall–Kier alpha value is -0.310. The van der Waals surface area contributed by atoms with Crippen LogP contribution in [0.3, 0.4) is 0 Å². The maximum absolute atomic E-state index is 6.62. The van der Waals surface area contributed by atoms with Crippen LogP contribution in [0, 0.1) is 13.8 Å². The van der Waals surface area contributed by atoms with E-state index in [0.29, 0.717) is 0 Å². The Morgan fingerprint density at radius 2 is 1.56 bits per heavy atom. The zero-order valence-corrected chi connectivity index (χ0v) is 14.1. The molecule has 2 rings (SSSR count). The minimum Gasteiger partial charge on any atom is -0.113 e. The third kappa shape index (κ3) is 2.81. The van der Waals surface area contributed by atoms with Crippen molar-refractivity contribution in [2.75, 3.05) is 0 Å². The molecule has 0 saturated heterocycles. The van der Waals surface area contributed by atoms with Crippen molar-refractivity contribution in [1.82, 2.24) is 0 Å². The van der Waals surface area contributed by atoms with E-state index in [1.807, 2.05) is 18.2 Å². The van der Waals surface area contributed by atoms with Crippen LogP contribution in [0.15, 0.2) is 45.3 Å². The van der Waals surface area contributed by atoms with E-state index in [0.717, 1.165) is 20.1 Å². The number of rotatable bonds is 2. The Labute approximate surface area is 130 Å². The largest absolute Gasteiger partial charge is 0.113 e. The highest BCUT2D eigenvalue weighted by atomic mass is 79.9. The molecule has 0 radical (unpaired) electrons. The van der Waals surface area contributed by atoms with Crippen LogP contribution in [0.1, 0.15) is 27.6 Å². The van der Waals surface area contributed by atoms with E-state index in [9.17, 15) is 0 Å². The molecule has 18 heavy (non-hydrogen) atoms. The predicted molar refractivity (Wildman–Crippen MR) is 85.5 cm³/mol. The van der Waals surface area contributed by atoms with Gasteiger partial charge in [-0.3, -0.25) is 0 Å². The van der Waals surface area contributed by atoms with Crippen molar-refractivity contribution in [3.05, 3.63) is 67.6 Å². The summed E-state index contributed by atoms with van der Waals surface area (Å²) >= 11 is 13.7. The van der Waals surface area contributed by atoms with Crippen LogP contribution in [0.25, 0.3) is 0 Å². The average Bonchev–Trinajstić information content (AvgIpc) is 2.33. The molecule has 0 aliphatic heterocycles. The number of benzene rings is 2. The molecule has 1 atom stereocenters. The zero-order valence-electron chi connectivity index (χ0n) is 10.2. The normalized spacial score (nSPS) is 12.5. The van der Waals surface area contributed by atoms with Gasteiger partial charge in [0, 0.05) is 8.95 Å². The molecule has 3 heteroatoms. The van der Waals surface area contributed by atoms with Crippen LogP contribution >= 0.6 is 43.5 Å². The molecular weight excluding hydrogens is 375 g/mol. The van der Waals surface area contributed by atoms with E-state index in [4.69, 9.17) is 11.6 Å². The first-order valence-corrected chi connectivity index (χ1v) is 7.68. The monoisotopic (exact) mass is 386 g/mol. The smallest absolute Gasteiger partial charge is 0.0848 e. The lowest BCUT2D eigenvalue weighted by Gasteiger charge is -2.16. The summed E-state index contributed by atoms with van der Waals surface area (Å²) in [4.78, 5) is 0. The molecule has 0 aliphatic carbocycles. The van der Waals surface area contributed by atoms with Gasteiger partial charge in [-0.15, -0.1) is 11.6 Å². The van der Waals surface area contributed by atoms with Crippen molar-refractivity contribution in [1.29, 1.82) is 0 Å². The quantitative estimate of drug-likeness (QED) is 0.541. The summed E-state index contributed by atoms with van der Waals surface area (Å²) in [6.45, 7) is 4.17. The number of hydrogen-bond donors (Lipinski definition) is 0. The molecule has 1 unspecified atom stereocenters. The summed E-state index contributed by atoms with van der Waals surface area (Å²) in [5, 5.41) is -0.132. The second-order valence-electron chi connectivity index (χ2n) is 4.34. The summed E-state index contributed by atoms with van der Waals surface area (Å²) in [7, 11) is 0. The summed E-state index contributed by atoms with van der Waals surface area (Å²) < 4.78 is 2.17. The van der Waals surface area contributed by atoms with Gasteiger partial charge in [-0.1, -0.05) is 56.1 Å². The molecule has 2 aromatic rings. The lowest BCUT2D eigenvalue weighted by Crippen LogP contribution is -1.98. The van der Waals surface area contributed by atoms with Crippen molar-refractivity contribution in [3.8, 4) is 0 Å². The molecule has 0 spiro atoms. The molecule has 0 bridgehead atoms. The van der Waals surface area contributed by atoms with Gasteiger partial charge in [-0.05, 0) is 48.2 Å². The van der Waals surface area contributed by atoms with Crippen molar-refractivity contribution >= 4 is 43.5 Å². The fourth-order valence-electron chi connectivity index (χ4n) is 1.92. The SMILES string of the molecule is Cc1cc(C(Cl)c2ccccc2Br)c(C)cc1Br. The lowest BCUT2D eigenvalue weighted by atomic mass is 9.98. The fraction of sp³-hybridized carbons (Fsp3) is 0.200. The molecule has 0 amide bonds. The Morgan fingerprint density at radius 1 is 0.889 bits per heavy atom. The molecule has 0 nitrogen and oxygen atoms in total. The molecule has 2 aromatic carbocycles. The lowest BCUT2D eigenvalue weighted by molar-refractivity contribution is 1.09. The minimum atomic E-state index is -0.132. The molecule has 0 N–H and O–H groups in total. The second-order valence-corrected chi connectivity index (χ2v) is 6.49. The summed E-state index contributed by atoms with van der Waals surface area (Å²) in [5.41, 5.74) is 4.66. The van der Waals surface area contributed by atoms with Gasteiger partial charge in [0.1, 0.15) is 0 Å². The number of alkyl halides is 1. The van der Waals surface area contributed by atoms with E-state index in [2.05, 4.69) is 63.9 Å². The van der Waals surface area contributed by atoms with E-state index in [1.165, 1.54) is 11.1 Å². The number of halogens is 3. The number of aryl methyl sites for hydroxylation is 2. The van der Waals surface area contributed by atoms with Gasteiger partial charge >= 0.3 is 0 Å². The number of hydrogen-bond acceptors (Lipinski definition) is 0. The van der Waals surface area contributed by atoms with Gasteiger partial charge in [0.25, 0.3) is 0 Å². The van der Waals surface area contributed by atoms with Crippen molar-refractivity contribution < 1.29 is 0 Å².